The van der Waals surface area contributed by atoms with Crippen LogP contribution >= 0.6 is 11.6 Å². The fraction of sp³-hybridized carbons (Fsp3) is 0.500. The summed E-state index contributed by atoms with van der Waals surface area (Å²) < 4.78 is 21.9. The predicted octanol–water partition coefficient (Wildman–Crippen LogP) is 2.12. The van der Waals surface area contributed by atoms with Gasteiger partial charge in [-0.1, -0.05) is 24.3 Å². The molecule has 0 aromatic heterocycles. The van der Waals surface area contributed by atoms with Gasteiger partial charge in [0.15, 0.2) is 0 Å². The highest BCUT2D eigenvalue weighted by molar-refractivity contribution is 7.91. The van der Waals surface area contributed by atoms with Crippen molar-refractivity contribution in [1.82, 2.24) is 0 Å². The molecule has 0 spiro atoms. The molecule has 0 rings (SSSR count). The van der Waals surface area contributed by atoms with E-state index in [4.69, 9.17) is 11.6 Å². The number of rotatable bonds is 4. The van der Waals surface area contributed by atoms with Gasteiger partial charge in [0, 0.05) is 11.3 Å². The quantitative estimate of drug-likeness (QED) is 0.664. The van der Waals surface area contributed by atoms with Crippen molar-refractivity contribution in [1.29, 1.82) is 0 Å². The van der Waals surface area contributed by atoms with Gasteiger partial charge in [-0.3, -0.25) is 0 Å². The number of hydrogen-bond donors (Lipinski definition) is 0. The molecule has 0 heterocycles. The second-order valence-electron chi connectivity index (χ2n) is 2.69. The van der Waals surface area contributed by atoms with Gasteiger partial charge in [-0.15, -0.1) is 0 Å². The van der Waals surface area contributed by atoms with E-state index in [1.807, 2.05) is 0 Å². The molecule has 0 bridgehead atoms. The van der Waals surface area contributed by atoms with Crippen LogP contribution in [0.3, 0.4) is 0 Å². The summed E-state index contributed by atoms with van der Waals surface area (Å²) in [6.07, 6.45) is 4.70. The van der Waals surface area contributed by atoms with Gasteiger partial charge in [-0.2, -0.15) is 0 Å². The first kappa shape index (κ1) is 11.7. The molecule has 0 amide bonds. The van der Waals surface area contributed by atoms with Crippen molar-refractivity contribution in [3.05, 3.63) is 23.8 Å². The Balaban J connectivity index is 4.29. The first-order valence-electron chi connectivity index (χ1n) is 3.54. The van der Waals surface area contributed by atoms with Crippen molar-refractivity contribution < 1.29 is 8.42 Å². The van der Waals surface area contributed by atoms with E-state index in [9.17, 15) is 8.42 Å². The van der Waals surface area contributed by atoms with Crippen LogP contribution in [0.1, 0.15) is 13.3 Å². The molecule has 2 nitrogen and oxygen atoms in total. The van der Waals surface area contributed by atoms with Crippen molar-refractivity contribution in [3.63, 3.8) is 0 Å². The van der Waals surface area contributed by atoms with Crippen LogP contribution in [0.15, 0.2) is 23.8 Å². The molecular weight excluding hydrogens is 196 g/mol. The van der Waals surface area contributed by atoms with Gasteiger partial charge in [0.1, 0.15) is 9.84 Å². The normalized spacial score (nSPS) is 15.8. The number of allylic oxidation sites excluding steroid dienone is 3. The highest BCUT2D eigenvalue weighted by Gasteiger charge is 2.15. The molecular formula is C8H13ClO2S. The second-order valence-corrected chi connectivity index (χ2v) is 5.64. The van der Waals surface area contributed by atoms with Crippen LogP contribution in [-0.2, 0) is 9.84 Å². The van der Waals surface area contributed by atoms with E-state index >= 15 is 0 Å². The SMILES string of the molecule is C=C/C=C(/Cl)CC(C)S(C)(=O)=O. The van der Waals surface area contributed by atoms with E-state index in [2.05, 4.69) is 6.58 Å². The van der Waals surface area contributed by atoms with Gasteiger partial charge < -0.3 is 0 Å². The lowest BCUT2D eigenvalue weighted by Gasteiger charge is -2.06. The number of sulfone groups is 1. The van der Waals surface area contributed by atoms with Crippen LogP contribution in [0.4, 0.5) is 0 Å². The molecule has 4 heteroatoms. The molecule has 0 N–H and O–H groups in total. The lowest BCUT2D eigenvalue weighted by molar-refractivity contribution is 0.589. The number of hydrogen-bond acceptors (Lipinski definition) is 2. The Bertz CT molecular complexity index is 277. The predicted molar refractivity (Wildman–Crippen MR) is 53.1 cm³/mol. The maximum atomic E-state index is 11.0. The summed E-state index contributed by atoms with van der Waals surface area (Å²) in [7, 11) is -2.98. The van der Waals surface area contributed by atoms with Crippen LogP contribution in [0.5, 0.6) is 0 Å². The molecule has 12 heavy (non-hydrogen) atoms. The molecule has 0 radical (unpaired) electrons. The third-order valence-electron chi connectivity index (χ3n) is 1.51. The third-order valence-corrected chi connectivity index (χ3v) is 3.42. The maximum Gasteiger partial charge on any atom is 0.150 e. The molecule has 0 aliphatic carbocycles. The summed E-state index contributed by atoms with van der Waals surface area (Å²) in [6, 6.07) is 0. The van der Waals surface area contributed by atoms with E-state index in [1.54, 1.807) is 13.0 Å². The minimum absolute atomic E-state index is 0.354. The Morgan fingerprint density at radius 3 is 2.50 bits per heavy atom. The Morgan fingerprint density at radius 2 is 2.17 bits per heavy atom. The highest BCUT2D eigenvalue weighted by atomic mass is 35.5. The lowest BCUT2D eigenvalue weighted by Crippen LogP contribution is -2.15. The van der Waals surface area contributed by atoms with E-state index in [0.717, 1.165) is 0 Å². The zero-order valence-electron chi connectivity index (χ0n) is 7.25. The Morgan fingerprint density at radius 1 is 1.67 bits per heavy atom. The topological polar surface area (TPSA) is 34.1 Å². The molecule has 0 aliphatic heterocycles. The van der Waals surface area contributed by atoms with Crippen LogP contribution in [0.2, 0.25) is 0 Å². The van der Waals surface area contributed by atoms with Crippen LogP contribution < -0.4 is 0 Å². The first-order chi connectivity index (χ1) is 5.38. The summed E-state index contributed by atoms with van der Waals surface area (Å²) in [5.41, 5.74) is 0. The van der Waals surface area contributed by atoms with Gasteiger partial charge in [-0.05, 0) is 19.4 Å². The minimum Gasteiger partial charge on any atom is -0.229 e. The summed E-state index contributed by atoms with van der Waals surface area (Å²) in [6.45, 7) is 5.09. The summed E-state index contributed by atoms with van der Waals surface area (Å²) in [5.74, 6) is 0. The smallest absolute Gasteiger partial charge is 0.150 e. The average Bonchev–Trinajstić information content (AvgIpc) is 1.85. The third kappa shape index (κ3) is 4.57. The second kappa shape index (κ2) is 4.67. The van der Waals surface area contributed by atoms with Gasteiger partial charge in [-0.25, -0.2) is 8.42 Å². The highest BCUT2D eigenvalue weighted by Crippen LogP contribution is 2.14. The standard InChI is InChI=1S/C8H13ClO2S/c1-4-5-8(9)6-7(2)12(3,10)11/h4-5,7H,1,6H2,2-3H3/b8-5+. The van der Waals surface area contributed by atoms with Gasteiger partial charge in [0.2, 0.25) is 0 Å². The summed E-state index contributed by atoms with van der Waals surface area (Å²) in [4.78, 5) is 0. The Labute approximate surface area is 78.8 Å². The van der Waals surface area contributed by atoms with E-state index in [-0.39, 0.29) is 0 Å². The molecule has 0 aliphatic rings. The maximum absolute atomic E-state index is 11.0. The molecule has 0 saturated carbocycles. The van der Waals surface area contributed by atoms with Crippen LogP contribution in [-0.4, -0.2) is 19.9 Å². The van der Waals surface area contributed by atoms with Gasteiger partial charge in [0.05, 0.1) is 5.25 Å². The van der Waals surface area contributed by atoms with Crippen molar-refractivity contribution in [2.45, 2.75) is 18.6 Å². The van der Waals surface area contributed by atoms with Crippen molar-refractivity contribution >= 4 is 21.4 Å². The average molecular weight is 209 g/mol. The Kier molecular flexibility index (Phi) is 4.57. The summed E-state index contributed by atoms with van der Waals surface area (Å²) >= 11 is 5.71. The molecule has 1 atom stereocenters. The van der Waals surface area contributed by atoms with Gasteiger partial charge in [0.25, 0.3) is 0 Å². The fourth-order valence-corrected chi connectivity index (χ4v) is 1.52. The molecule has 1 unspecified atom stereocenters. The first-order valence-corrected chi connectivity index (χ1v) is 5.87. The molecule has 0 aromatic rings. The van der Waals surface area contributed by atoms with E-state index in [0.29, 0.717) is 11.5 Å². The molecule has 0 fully saturated rings. The van der Waals surface area contributed by atoms with E-state index < -0.39 is 15.1 Å². The lowest BCUT2D eigenvalue weighted by atomic mass is 10.3. The fourth-order valence-electron chi connectivity index (χ4n) is 0.622. The number of halogens is 1. The minimum atomic E-state index is -2.98. The molecule has 0 saturated heterocycles. The van der Waals surface area contributed by atoms with Crippen LogP contribution in [0, 0.1) is 0 Å². The molecule has 70 valence electrons. The monoisotopic (exact) mass is 208 g/mol. The Hall–Kier alpha value is -0.280. The van der Waals surface area contributed by atoms with Crippen molar-refractivity contribution in [2.24, 2.45) is 0 Å². The van der Waals surface area contributed by atoms with Crippen LogP contribution in [0.25, 0.3) is 0 Å². The van der Waals surface area contributed by atoms with Crippen molar-refractivity contribution in [3.8, 4) is 0 Å². The van der Waals surface area contributed by atoms with Crippen molar-refractivity contribution in [2.75, 3.05) is 6.26 Å². The summed E-state index contributed by atoms with van der Waals surface area (Å²) in [5, 5.41) is 0.0872. The van der Waals surface area contributed by atoms with Gasteiger partial charge >= 0.3 is 0 Å². The largest absolute Gasteiger partial charge is 0.229 e. The zero-order chi connectivity index (χ0) is 9.78. The van der Waals surface area contributed by atoms with E-state index in [1.165, 1.54) is 12.3 Å². The molecule has 0 aromatic carbocycles. The zero-order valence-corrected chi connectivity index (χ0v) is 8.82.